The van der Waals surface area contributed by atoms with E-state index in [2.05, 4.69) is 28.4 Å². The number of nitrogens with one attached hydrogen (secondary N) is 1. The lowest BCUT2D eigenvalue weighted by Gasteiger charge is -2.08. The number of aryl methyl sites for hydroxylation is 2. The Morgan fingerprint density at radius 2 is 2.04 bits per heavy atom. The SMILES string of the molecule is CCc1ccc(NC(=O)c2cc(C)nc3c2cnn3Cc2cccs2)cc1. The molecule has 0 radical (unpaired) electrons. The smallest absolute Gasteiger partial charge is 0.256 e. The van der Waals surface area contributed by atoms with E-state index in [1.165, 1.54) is 10.4 Å². The van der Waals surface area contributed by atoms with Crippen molar-refractivity contribution in [2.75, 3.05) is 5.32 Å². The third-order valence-electron chi connectivity index (χ3n) is 4.49. The summed E-state index contributed by atoms with van der Waals surface area (Å²) in [5.41, 5.74) is 4.14. The number of hydrogen-bond donors (Lipinski definition) is 1. The molecule has 1 aromatic carbocycles. The molecule has 3 heterocycles. The number of carbonyl (C=O) groups is 1. The van der Waals surface area contributed by atoms with Crippen LogP contribution >= 0.6 is 11.3 Å². The van der Waals surface area contributed by atoms with Gasteiger partial charge in [0.15, 0.2) is 5.65 Å². The highest BCUT2D eigenvalue weighted by Gasteiger charge is 2.16. The number of carbonyl (C=O) groups excluding carboxylic acids is 1. The van der Waals surface area contributed by atoms with Crippen LogP contribution in [0.4, 0.5) is 5.69 Å². The van der Waals surface area contributed by atoms with Gasteiger partial charge in [-0.05, 0) is 48.6 Å². The number of rotatable bonds is 5. The molecule has 6 heteroatoms. The Kier molecular flexibility index (Phi) is 4.73. The summed E-state index contributed by atoms with van der Waals surface area (Å²) in [5.74, 6) is -0.148. The third-order valence-corrected chi connectivity index (χ3v) is 5.35. The van der Waals surface area contributed by atoms with Crippen molar-refractivity contribution in [2.24, 2.45) is 0 Å². The summed E-state index contributed by atoms with van der Waals surface area (Å²) in [6.07, 6.45) is 2.70. The molecule has 0 bridgehead atoms. The van der Waals surface area contributed by atoms with E-state index in [1.807, 2.05) is 53.4 Å². The monoisotopic (exact) mass is 376 g/mol. The average Bonchev–Trinajstić information content (AvgIpc) is 3.32. The molecule has 1 N–H and O–H groups in total. The molecule has 0 aliphatic rings. The number of hydrogen-bond acceptors (Lipinski definition) is 4. The molecule has 0 aliphatic carbocycles. The van der Waals surface area contributed by atoms with Crippen LogP contribution < -0.4 is 5.32 Å². The molecule has 0 spiro atoms. The minimum atomic E-state index is -0.148. The number of anilines is 1. The fourth-order valence-electron chi connectivity index (χ4n) is 3.05. The summed E-state index contributed by atoms with van der Waals surface area (Å²) in [7, 11) is 0. The van der Waals surface area contributed by atoms with Gasteiger partial charge in [0.2, 0.25) is 0 Å². The van der Waals surface area contributed by atoms with Gasteiger partial charge in [-0.1, -0.05) is 25.1 Å². The quantitative estimate of drug-likeness (QED) is 0.551. The predicted octanol–water partition coefficient (Wildman–Crippen LogP) is 4.66. The number of pyridine rings is 1. The summed E-state index contributed by atoms with van der Waals surface area (Å²) >= 11 is 1.68. The highest BCUT2D eigenvalue weighted by atomic mass is 32.1. The van der Waals surface area contributed by atoms with E-state index < -0.39 is 0 Å². The molecule has 136 valence electrons. The van der Waals surface area contributed by atoms with Crippen LogP contribution in [-0.2, 0) is 13.0 Å². The Morgan fingerprint density at radius 3 is 2.74 bits per heavy atom. The van der Waals surface area contributed by atoms with Crippen LogP contribution in [0.5, 0.6) is 0 Å². The molecule has 0 unspecified atom stereocenters. The molecular formula is C21H20N4OS. The molecule has 0 aliphatic heterocycles. The van der Waals surface area contributed by atoms with Crippen molar-refractivity contribution in [1.29, 1.82) is 0 Å². The minimum absolute atomic E-state index is 0.148. The van der Waals surface area contributed by atoms with E-state index in [0.29, 0.717) is 12.1 Å². The van der Waals surface area contributed by atoms with Crippen LogP contribution in [0.2, 0.25) is 0 Å². The van der Waals surface area contributed by atoms with Gasteiger partial charge in [0.1, 0.15) is 0 Å². The maximum Gasteiger partial charge on any atom is 0.256 e. The summed E-state index contributed by atoms with van der Waals surface area (Å²) < 4.78 is 1.85. The molecule has 4 aromatic rings. The standard InChI is InChI=1S/C21H20N4OS/c1-3-15-6-8-16(9-7-15)24-21(26)18-11-14(2)23-20-19(18)12-22-25(20)13-17-5-4-10-27-17/h4-12H,3,13H2,1-2H3,(H,24,26). The second kappa shape index (κ2) is 7.32. The zero-order valence-corrected chi connectivity index (χ0v) is 16.1. The predicted molar refractivity (Wildman–Crippen MR) is 109 cm³/mol. The van der Waals surface area contributed by atoms with E-state index in [1.54, 1.807) is 17.5 Å². The first-order chi connectivity index (χ1) is 13.1. The van der Waals surface area contributed by atoms with Crippen LogP contribution in [-0.4, -0.2) is 20.7 Å². The Hall–Kier alpha value is -2.99. The van der Waals surface area contributed by atoms with Gasteiger partial charge in [-0.15, -0.1) is 11.3 Å². The first kappa shape index (κ1) is 17.4. The zero-order valence-electron chi connectivity index (χ0n) is 15.3. The fourth-order valence-corrected chi connectivity index (χ4v) is 3.73. The summed E-state index contributed by atoms with van der Waals surface area (Å²) in [6.45, 7) is 4.66. The largest absolute Gasteiger partial charge is 0.322 e. The second-order valence-corrected chi connectivity index (χ2v) is 7.47. The summed E-state index contributed by atoms with van der Waals surface area (Å²) in [6, 6.07) is 13.8. The van der Waals surface area contributed by atoms with Gasteiger partial charge < -0.3 is 5.32 Å². The molecular weight excluding hydrogens is 356 g/mol. The molecule has 4 rings (SSSR count). The molecule has 0 fully saturated rings. The van der Waals surface area contributed by atoms with Crippen molar-refractivity contribution in [3.05, 3.63) is 75.7 Å². The molecule has 27 heavy (non-hydrogen) atoms. The van der Waals surface area contributed by atoms with E-state index in [-0.39, 0.29) is 5.91 Å². The number of aromatic nitrogens is 3. The van der Waals surface area contributed by atoms with Gasteiger partial charge >= 0.3 is 0 Å². The lowest BCUT2D eigenvalue weighted by atomic mass is 10.1. The average molecular weight is 376 g/mol. The van der Waals surface area contributed by atoms with Crippen molar-refractivity contribution in [2.45, 2.75) is 26.8 Å². The third kappa shape index (κ3) is 3.61. The maximum absolute atomic E-state index is 12.9. The number of thiophene rings is 1. The molecule has 5 nitrogen and oxygen atoms in total. The first-order valence-corrected chi connectivity index (χ1v) is 9.78. The lowest BCUT2D eigenvalue weighted by molar-refractivity contribution is 0.102. The highest BCUT2D eigenvalue weighted by Crippen LogP contribution is 2.22. The number of amides is 1. The topological polar surface area (TPSA) is 59.8 Å². The van der Waals surface area contributed by atoms with E-state index in [4.69, 9.17) is 0 Å². The van der Waals surface area contributed by atoms with Gasteiger partial charge in [0.25, 0.3) is 5.91 Å². The van der Waals surface area contributed by atoms with Gasteiger partial charge in [0, 0.05) is 16.3 Å². The number of benzene rings is 1. The minimum Gasteiger partial charge on any atom is -0.322 e. The van der Waals surface area contributed by atoms with Gasteiger partial charge in [-0.25, -0.2) is 9.67 Å². The summed E-state index contributed by atoms with van der Waals surface area (Å²) in [4.78, 5) is 18.7. The second-order valence-electron chi connectivity index (χ2n) is 6.43. The van der Waals surface area contributed by atoms with Crippen molar-refractivity contribution in [3.63, 3.8) is 0 Å². The Balaban J connectivity index is 1.66. The van der Waals surface area contributed by atoms with Crippen molar-refractivity contribution in [1.82, 2.24) is 14.8 Å². The molecule has 0 saturated heterocycles. The van der Waals surface area contributed by atoms with Gasteiger partial charge in [-0.3, -0.25) is 4.79 Å². The van der Waals surface area contributed by atoms with E-state index in [9.17, 15) is 4.79 Å². The van der Waals surface area contributed by atoms with Crippen molar-refractivity contribution < 1.29 is 4.79 Å². The van der Waals surface area contributed by atoms with Crippen LogP contribution in [0, 0.1) is 6.92 Å². The summed E-state index contributed by atoms with van der Waals surface area (Å²) in [5, 5.41) is 10.3. The van der Waals surface area contributed by atoms with Gasteiger partial charge in [-0.2, -0.15) is 5.10 Å². The van der Waals surface area contributed by atoms with Crippen LogP contribution in [0.3, 0.4) is 0 Å². The highest BCUT2D eigenvalue weighted by molar-refractivity contribution is 7.09. The Labute approximate surface area is 161 Å². The fraction of sp³-hybridized carbons (Fsp3) is 0.190. The molecule has 1 amide bonds. The van der Waals surface area contributed by atoms with Crippen molar-refractivity contribution in [3.8, 4) is 0 Å². The Morgan fingerprint density at radius 1 is 1.22 bits per heavy atom. The number of nitrogens with zero attached hydrogens (tertiary/aromatic N) is 3. The van der Waals surface area contributed by atoms with Crippen LogP contribution in [0.1, 0.15) is 33.4 Å². The van der Waals surface area contributed by atoms with E-state index >= 15 is 0 Å². The first-order valence-electron chi connectivity index (χ1n) is 8.90. The molecule has 3 aromatic heterocycles. The van der Waals surface area contributed by atoms with E-state index in [0.717, 1.165) is 28.8 Å². The Bertz CT molecular complexity index is 1080. The number of fused-ring (bicyclic) bond motifs is 1. The van der Waals surface area contributed by atoms with Crippen LogP contribution in [0.15, 0.2) is 54.0 Å². The van der Waals surface area contributed by atoms with Crippen molar-refractivity contribution >= 4 is 34.0 Å². The maximum atomic E-state index is 12.9. The van der Waals surface area contributed by atoms with Crippen LogP contribution in [0.25, 0.3) is 11.0 Å². The molecule has 0 atom stereocenters. The normalized spacial score (nSPS) is 11.0. The zero-order chi connectivity index (χ0) is 18.8. The lowest BCUT2D eigenvalue weighted by Crippen LogP contribution is -2.13. The van der Waals surface area contributed by atoms with Gasteiger partial charge in [0.05, 0.1) is 23.7 Å². The molecule has 0 saturated carbocycles.